The Morgan fingerprint density at radius 1 is 1.20 bits per heavy atom. The van der Waals surface area contributed by atoms with Crippen LogP contribution in [0.15, 0.2) is 18.2 Å². The molecule has 3 N–H and O–H groups in total. The van der Waals surface area contributed by atoms with Crippen molar-refractivity contribution >= 4 is 51.7 Å². The summed E-state index contributed by atoms with van der Waals surface area (Å²) in [6.45, 7) is 7.54. The zero-order chi connectivity index (χ0) is 22.4. The first-order chi connectivity index (χ1) is 14.1. The minimum atomic E-state index is -1.17. The van der Waals surface area contributed by atoms with Gasteiger partial charge in [0.25, 0.3) is 0 Å². The molecular weight excluding hydrogens is 449 g/mol. The molecule has 0 aliphatic carbocycles. The number of carbonyl (C=O) groups is 2. The van der Waals surface area contributed by atoms with Crippen molar-refractivity contribution in [3.8, 4) is 11.3 Å². The number of ether oxygens (including phenoxy) is 1. The molecule has 1 aromatic heterocycles. The molecule has 0 fully saturated rings. The lowest BCUT2D eigenvalue weighted by Gasteiger charge is -2.16. The van der Waals surface area contributed by atoms with Crippen molar-refractivity contribution in [3.05, 3.63) is 33.1 Å². The minimum Gasteiger partial charge on any atom is -0.480 e. The number of amides is 1. The van der Waals surface area contributed by atoms with E-state index in [1.165, 1.54) is 11.3 Å². The predicted octanol–water partition coefficient (Wildman–Crippen LogP) is 5.32. The lowest BCUT2D eigenvalue weighted by Crippen LogP contribution is -2.46. The van der Waals surface area contributed by atoms with Crippen LogP contribution in [-0.4, -0.2) is 40.8 Å². The second-order valence-corrected chi connectivity index (χ2v) is 9.29. The topological polar surface area (TPSA) is 101 Å². The fourth-order valence-corrected chi connectivity index (χ4v) is 4.09. The fraction of sp³-hybridized carbons (Fsp3) is 0.450. The number of nitrogens with zero attached hydrogens (tertiary/aromatic N) is 1. The van der Waals surface area contributed by atoms with Gasteiger partial charge in [0.15, 0.2) is 5.13 Å². The number of aromatic nitrogens is 1. The van der Waals surface area contributed by atoms with E-state index in [1.807, 2.05) is 6.07 Å². The Morgan fingerprint density at radius 3 is 2.47 bits per heavy atom. The van der Waals surface area contributed by atoms with Crippen LogP contribution in [-0.2, 0) is 16.0 Å². The molecular formula is C20H25Cl2N3O4S. The molecule has 0 radical (unpaired) electrons. The average Bonchev–Trinajstić information content (AvgIpc) is 3.02. The van der Waals surface area contributed by atoms with Crippen LogP contribution in [0.1, 0.15) is 32.6 Å². The standard InChI is InChI=1S/C20H25Cl2N3O4S/c1-10(2)7-16-17(12-5-6-13(21)14(22)8-12)25-19(30-16)23-9-15(18(26)27)24-20(28)29-11(3)4/h5-6,8,10-11,15H,7,9H2,1-4H3,(H,23,25)(H,24,28)(H,26,27). The summed E-state index contributed by atoms with van der Waals surface area (Å²) in [5.41, 5.74) is 1.60. The number of aliphatic carboxylic acids is 1. The first-order valence-electron chi connectivity index (χ1n) is 9.45. The first kappa shape index (κ1) is 24.2. The van der Waals surface area contributed by atoms with E-state index in [2.05, 4.69) is 29.5 Å². The number of nitrogens with one attached hydrogen (secondary N) is 2. The molecule has 1 unspecified atom stereocenters. The van der Waals surface area contributed by atoms with Crippen molar-refractivity contribution in [2.24, 2.45) is 5.92 Å². The average molecular weight is 474 g/mol. The van der Waals surface area contributed by atoms with Crippen LogP contribution >= 0.6 is 34.5 Å². The molecule has 10 heteroatoms. The molecule has 0 bridgehead atoms. The van der Waals surface area contributed by atoms with Gasteiger partial charge in [0, 0.05) is 17.0 Å². The van der Waals surface area contributed by atoms with Gasteiger partial charge in [0.1, 0.15) is 6.04 Å². The first-order valence-corrected chi connectivity index (χ1v) is 11.0. The highest BCUT2D eigenvalue weighted by Crippen LogP contribution is 2.35. The van der Waals surface area contributed by atoms with Gasteiger partial charge in [-0.25, -0.2) is 14.6 Å². The summed E-state index contributed by atoms with van der Waals surface area (Å²) in [5, 5.41) is 16.2. The maximum atomic E-state index is 11.7. The number of hydrogen-bond acceptors (Lipinski definition) is 6. The molecule has 164 valence electrons. The molecule has 0 aliphatic rings. The monoisotopic (exact) mass is 473 g/mol. The zero-order valence-corrected chi connectivity index (χ0v) is 19.5. The van der Waals surface area contributed by atoms with Crippen LogP contribution in [0.5, 0.6) is 0 Å². The van der Waals surface area contributed by atoms with Crippen LogP contribution in [0.2, 0.25) is 10.0 Å². The maximum absolute atomic E-state index is 11.7. The molecule has 2 aromatic rings. The van der Waals surface area contributed by atoms with Crippen molar-refractivity contribution in [2.45, 2.75) is 46.3 Å². The fourth-order valence-electron chi connectivity index (χ4n) is 2.59. The smallest absolute Gasteiger partial charge is 0.408 e. The summed E-state index contributed by atoms with van der Waals surface area (Å²) in [7, 11) is 0. The highest BCUT2D eigenvalue weighted by molar-refractivity contribution is 7.16. The van der Waals surface area contributed by atoms with E-state index >= 15 is 0 Å². The minimum absolute atomic E-state index is 0.0437. The van der Waals surface area contributed by atoms with E-state index in [4.69, 9.17) is 27.9 Å². The summed E-state index contributed by atoms with van der Waals surface area (Å²) in [6.07, 6.45) is -0.329. The Kier molecular flexibility index (Phi) is 8.76. The van der Waals surface area contributed by atoms with Crippen molar-refractivity contribution in [1.29, 1.82) is 0 Å². The number of carbonyl (C=O) groups excluding carboxylic acids is 1. The van der Waals surface area contributed by atoms with Gasteiger partial charge in [-0.2, -0.15) is 0 Å². The summed E-state index contributed by atoms with van der Waals surface area (Å²) >= 11 is 13.6. The van der Waals surface area contributed by atoms with E-state index < -0.39 is 18.1 Å². The number of halogens is 2. The number of thiazole rings is 1. The van der Waals surface area contributed by atoms with Gasteiger partial charge in [-0.3, -0.25) is 0 Å². The Labute approximate surface area is 189 Å². The Morgan fingerprint density at radius 2 is 1.90 bits per heavy atom. The molecule has 1 atom stereocenters. The van der Waals surface area contributed by atoms with Crippen molar-refractivity contribution in [3.63, 3.8) is 0 Å². The molecule has 30 heavy (non-hydrogen) atoms. The highest BCUT2D eigenvalue weighted by Gasteiger charge is 2.22. The van der Waals surface area contributed by atoms with Gasteiger partial charge in [0.05, 0.1) is 21.8 Å². The molecule has 0 aliphatic heterocycles. The van der Waals surface area contributed by atoms with E-state index in [0.29, 0.717) is 21.1 Å². The third kappa shape index (κ3) is 7.04. The Bertz CT molecular complexity index is 902. The predicted molar refractivity (Wildman–Crippen MR) is 121 cm³/mol. The molecule has 0 saturated heterocycles. The van der Waals surface area contributed by atoms with Gasteiger partial charge in [-0.05, 0) is 38.3 Å². The number of anilines is 1. The van der Waals surface area contributed by atoms with Gasteiger partial charge >= 0.3 is 12.1 Å². The third-order valence-corrected chi connectivity index (χ3v) is 5.65. The number of hydrogen-bond donors (Lipinski definition) is 3. The van der Waals surface area contributed by atoms with E-state index in [0.717, 1.165) is 22.6 Å². The number of rotatable bonds is 9. The van der Waals surface area contributed by atoms with Crippen LogP contribution in [0.25, 0.3) is 11.3 Å². The van der Waals surface area contributed by atoms with E-state index in [9.17, 15) is 14.7 Å². The van der Waals surface area contributed by atoms with E-state index in [1.54, 1.807) is 26.0 Å². The van der Waals surface area contributed by atoms with Crippen molar-refractivity contribution in [1.82, 2.24) is 10.3 Å². The molecule has 0 spiro atoms. The summed E-state index contributed by atoms with van der Waals surface area (Å²) in [6, 6.07) is 4.16. The summed E-state index contributed by atoms with van der Waals surface area (Å²) in [5.74, 6) is -0.772. The lowest BCUT2D eigenvalue weighted by molar-refractivity contribution is -0.139. The molecule has 2 rings (SSSR count). The Balaban J connectivity index is 2.20. The number of carboxylic acids is 1. The zero-order valence-electron chi connectivity index (χ0n) is 17.2. The van der Waals surface area contributed by atoms with Gasteiger partial charge in [-0.15, -0.1) is 11.3 Å². The highest BCUT2D eigenvalue weighted by atomic mass is 35.5. The van der Waals surface area contributed by atoms with Crippen molar-refractivity contribution in [2.75, 3.05) is 11.9 Å². The van der Waals surface area contributed by atoms with Gasteiger partial charge < -0.3 is 20.5 Å². The maximum Gasteiger partial charge on any atom is 0.408 e. The molecule has 1 aromatic carbocycles. The Hall–Kier alpha value is -2.03. The third-order valence-electron chi connectivity index (χ3n) is 3.87. The number of benzene rings is 1. The molecule has 7 nitrogen and oxygen atoms in total. The van der Waals surface area contributed by atoms with Crippen LogP contribution in [0.4, 0.5) is 9.93 Å². The van der Waals surface area contributed by atoms with Crippen molar-refractivity contribution < 1.29 is 19.4 Å². The summed E-state index contributed by atoms with van der Waals surface area (Å²) in [4.78, 5) is 28.9. The number of alkyl carbamates (subject to hydrolysis) is 1. The quantitative estimate of drug-likeness (QED) is 0.455. The second-order valence-electron chi connectivity index (χ2n) is 7.39. The second kappa shape index (κ2) is 10.8. The van der Waals surface area contributed by atoms with Gasteiger partial charge in [-0.1, -0.05) is 43.1 Å². The van der Waals surface area contributed by atoms with Crippen LogP contribution in [0, 0.1) is 5.92 Å². The SMILES string of the molecule is CC(C)Cc1sc(NCC(NC(=O)OC(C)C)C(=O)O)nc1-c1ccc(Cl)c(Cl)c1. The van der Waals surface area contributed by atoms with Crippen LogP contribution in [0.3, 0.4) is 0 Å². The summed E-state index contributed by atoms with van der Waals surface area (Å²) < 4.78 is 4.95. The van der Waals surface area contributed by atoms with Gasteiger partial charge in [0.2, 0.25) is 0 Å². The number of carboxylic acid groups (broad SMARTS) is 1. The molecule has 1 amide bonds. The lowest BCUT2D eigenvalue weighted by atomic mass is 10.0. The normalized spacial score (nSPS) is 12.1. The van der Waals surface area contributed by atoms with E-state index in [-0.39, 0.29) is 12.6 Å². The van der Waals surface area contributed by atoms with Crippen LogP contribution < -0.4 is 10.6 Å². The largest absolute Gasteiger partial charge is 0.480 e. The molecule has 1 heterocycles. The molecule has 0 saturated carbocycles.